The minimum atomic E-state index is -3.65. The van der Waals surface area contributed by atoms with Crippen molar-refractivity contribution in [3.8, 4) is 0 Å². The Bertz CT molecular complexity index is 1310. The van der Waals surface area contributed by atoms with Crippen molar-refractivity contribution in [3.05, 3.63) is 95.6 Å². The van der Waals surface area contributed by atoms with Gasteiger partial charge in [-0.25, -0.2) is 8.42 Å². The number of guanidine groups is 1. The fourth-order valence-electron chi connectivity index (χ4n) is 4.33. The number of carboxylic acids is 1. The molecule has 0 aliphatic carbocycles. The van der Waals surface area contributed by atoms with E-state index in [-0.39, 0.29) is 17.1 Å². The molecule has 8 heteroatoms. The summed E-state index contributed by atoms with van der Waals surface area (Å²) in [5, 5.41) is 9.28. The quantitative estimate of drug-likeness (QED) is 0.448. The standard InChI is InChI=1S/C27H29N3O4S/c28-27-29-15-16-30(27)24-8-4-5-21(17-24)10-9-20-11-13-25(14-12-20)35(33,34)19-23(18-26(31)32)22-6-2-1-3-7-22/h1-8,11-14,17,23H,9-10,15-16,18-19H2,(H2,28,29)(H,31,32). The predicted octanol–water partition coefficient (Wildman–Crippen LogP) is 3.64. The Morgan fingerprint density at radius 2 is 1.69 bits per heavy atom. The monoisotopic (exact) mass is 491 g/mol. The first-order chi connectivity index (χ1) is 16.8. The van der Waals surface area contributed by atoms with Crippen molar-refractivity contribution in [1.82, 2.24) is 0 Å². The number of anilines is 1. The van der Waals surface area contributed by atoms with Crippen molar-refractivity contribution in [3.63, 3.8) is 0 Å². The molecule has 1 unspecified atom stereocenters. The molecule has 0 saturated heterocycles. The Labute approximate surface area is 205 Å². The molecule has 0 aromatic heterocycles. The number of sulfone groups is 1. The van der Waals surface area contributed by atoms with Gasteiger partial charge in [0.25, 0.3) is 0 Å². The van der Waals surface area contributed by atoms with Crippen molar-refractivity contribution in [2.75, 3.05) is 23.7 Å². The van der Waals surface area contributed by atoms with Gasteiger partial charge in [-0.2, -0.15) is 0 Å². The van der Waals surface area contributed by atoms with Gasteiger partial charge in [-0.15, -0.1) is 0 Å². The molecule has 1 atom stereocenters. The first-order valence-electron chi connectivity index (χ1n) is 11.6. The number of aryl methyl sites for hydroxylation is 2. The molecule has 0 spiro atoms. The third-order valence-corrected chi connectivity index (χ3v) is 8.03. The van der Waals surface area contributed by atoms with Crippen molar-refractivity contribution in [2.45, 2.75) is 30.1 Å². The highest BCUT2D eigenvalue weighted by Gasteiger charge is 2.25. The summed E-state index contributed by atoms with van der Waals surface area (Å²) in [6, 6.07) is 24.0. The molecule has 0 bridgehead atoms. The molecule has 1 aliphatic rings. The van der Waals surface area contributed by atoms with E-state index in [1.807, 2.05) is 35.2 Å². The number of aliphatic carboxylic acids is 1. The van der Waals surface area contributed by atoms with Crippen LogP contribution in [-0.4, -0.2) is 44.3 Å². The van der Waals surface area contributed by atoms with E-state index in [1.54, 1.807) is 36.4 Å². The van der Waals surface area contributed by atoms with E-state index in [2.05, 4.69) is 17.1 Å². The Kier molecular flexibility index (Phi) is 7.51. The first-order valence-corrected chi connectivity index (χ1v) is 13.2. The van der Waals surface area contributed by atoms with E-state index in [1.165, 1.54) is 5.56 Å². The Morgan fingerprint density at radius 3 is 2.34 bits per heavy atom. The number of nitrogens with zero attached hydrogens (tertiary/aromatic N) is 2. The summed E-state index contributed by atoms with van der Waals surface area (Å²) >= 11 is 0. The number of hydrogen-bond donors (Lipinski definition) is 2. The van der Waals surface area contributed by atoms with E-state index in [0.717, 1.165) is 30.6 Å². The predicted molar refractivity (Wildman–Crippen MR) is 138 cm³/mol. The van der Waals surface area contributed by atoms with E-state index in [4.69, 9.17) is 5.73 Å². The van der Waals surface area contributed by atoms with Crippen LogP contribution in [0.15, 0.2) is 88.8 Å². The van der Waals surface area contributed by atoms with E-state index >= 15 is 0 Å². The van der Waals surface area contributed by atoms with Crippen LogP contribution in [-0.2, 0) is 27.5 Å². The Morgan fingerprint density at radius 1 is 0.971 bits per heavy atom. The molecule has 3 N–H and O–H groups in total. The lowest BCUT2D eigenvalue weighted by Crippen LogP contribution is -2.33. The summed E-state index contributed by atoms with van der Waals surface area (Å²) in [5.74, 6) is -1.34. The van der Waals surface area contributed by atoms with Crippen LogP contribution >= 0.6 is 0 Å². The van der Waals surface area contributed by atoms with Gasteiger partial charge in [-0.1, -0.05) is 54.6 Å². The molecule has 0 radical (unpaired) electrons. The maximum absolute atomic E-state index is 13.1. The second kappa shape index (κ2) is 10.7. The van der Waals surface area contributed by atoms with E-state index in [9.17, 15) is 18.3 Å². The van der Waals surface area contributed by atoms with Crippen molar-refractivity contribution >= 4 is 27.5 Å². The van der Waals surface area contributed by atoms with Crippen LogP contribution in [0.2, 0.25) is 0 Å². The fourth-order valence-corrected chi connectivity index (χ4v) is 5.91. The number of aliphatic imine (C=N–C) groups is 1. The van der Waals surface area contributed by atoms with Crippen LogP contribution in [0, 0.1) is 0 Å². The first kappa shape index (κ1) is 24.5. The van der Waals surface area contributed by atoms with Crippen LogP contribution < -0.4 is 10.6 Å². The number of hydrogen-bond acceptors (Lipinski definition) is 6. The summed E-state index contributed by atoms with van der Waals surface area (Å²) in [6.45, 7) is 1.48. The van der Waals surface area contributed by atoms with Crippen molar-refractivity contribution < 1.29 is 18.3 Å². The molecule has 4 rings (SSSR count). The van der Waals surface area contributed by atoms with Gasteiger partial charge in [0, 0.05) is 18.2 Å². The molecule has 182 valence electrons. The molecule has 0 fully saturated rings. The smallest absolute Gasteiger partial charge is 0.303 e. The molecule has 1 aliphatic heterocycles. The minimum absolute atomic E-state index is 0.207. The number of rotatable bonds is 10. The minimum Gasteiger partial charge on any atom is -0.481 e. The maximum Gasteiger partial charge on any atom is 0.303 e. The molecule has 3 aromatic rings. The molecule has 1 heterocycles. The normalized spacial score (nSPS) is 14.5. The van der Waals surface area contributed by atoms with Gasteiger partial charge in [0.2, 0.25) is 0 Å². The van der Waals surface area contributed by atoms with Gasteiger partial charge in [0.1, 0.15) is 0 Å². The highest BCUT2D eigenvalue weighted by atomic mass is 32.2. The lowest BCUT2D eigenvalue weighted by atomic mass is 9.98. The molecule has 0 amide bonds. The van der Waals surface area contributed by atoms with Crippen molar-refractivity contribution in [1.29, 1.82) is 0 Å². The summed E-state index contributed by atoms with van der Waals surface area (Å²) < 4.78 is 26.1. The average Bonchev–Trinajstić information content (AvgIpc) is 3.29. The number of nitrogens with two attached hydrogens (primary N) is 1. The summed E-state index contributed by atoms with van der Waals surface area (Å²) in [6.07, 6.45) is 1.33. The highest BCUT2D eigenvalue weighted by molar-refractivity contribution is 7.91. The zero-order valence-electron chi connectivity index (χ0n) is 19.4. The zero-order chi connectivity index (χ0) is 24.8. The van der Waals surface area contributed by atoms with E-state index in [0.29, 0.717) is 18.1 Å². The largest absolute Gasteiger partial charge is 0.481 e. The van der Waals surface area contributed by atoms with E-state index < -0.39 is 21.7 Å². The third-order valence-electron chi connectivity index (χ3n) is 6.19. The summed E-state index contributed by atoms with van der Waals surface area (Å²) in [4.78, 5) is 17.8. The Balaban J connectivity index is 1.42. The van der Waals surface area contributed by atoms with Crippen LogP contribution in [0.1, 0.15) is 29.0 Å². The zero-order valence-corrected chi connectivity index (χ0v) is 20.2. The molecule has 3 aromatic carbocycles. The van der Waals surface area contributed by atoms with Gasteiger partial charge in [-0.3, -0.25) is 9.79 Å². The third kappa shape index (κ3) is 6.27. The maximum atomic E-state index is 13.1. The number of carboxylic acid groups (broad SMARTS) is 1. The van der Waals surface area contributed by atoms with Crippen LogP contribution in [0.5, 0.6) is 0 Å². The molecule has 35 heavy (non-hydrogen) atoms. The highest BCUT2D eigenvalue weighted by Crippen LogP contribution is 2.26. The second-order valence-electron chi connectivity index (χ2n) is 8.69. The summed E-state index contributed by atoms with van der Waals surface area (Å²) in [7, 11) is -3.65. The van der Waals surface area contributed by atoms with Crippen molar-refractivity contribution in [2.24, 2.45) is 10.7 Å². The lowest BCUT2D eigenvalue weighted by molar-refractivity contribution is -0.137. The molecule has 0 saturated carbocycles. The fraction of sp³-hybridized carbons (Fsp3) is 0.259. The van der Waals surface area contributed by atoms with Crippen LogP contribution in [0.4, 0.5) is 5.69 Å². The van der Waals surface area contributed by atoms with Crippen LogP contribution in [0.25, 0.3) is 0 Å². The molecule has 7 nitrogen and oxygen atoms in total. The number of carbonyl (C=O) groups is 1. The van der Waals surface area contributed by atoms with Gasteiger partial charge < -0.3 is 15.7 Å². The Hall–Kier alpha value is -3.65. The topological polar surface area (TPSA) is 113 Å². The lowest BCUT2D eigenvalue weighted by Gasteiger charge is -2.18. The summed E-state index contributed by atoms with van der Waals surface area (Å²) in [5.41, 5.74) is 9.89. The SMILES string of the molecule is NC1=NCCN1c1cccc(CCc2ccc(S(=O)(=O)CC(CC(=O)O)c3ccccc3)cc2)c1. The van der Waals surface area contributed by atoms with Crippen LogP contribution in [0.3, 0.4) is 0 Å². The average molecular weight is 492 g/mol. The number of benzene rings is 3. The van der Waals surface area contributed by atoms with Gasteiger partial charge in [0.05, 0.1) is 23.6 Å². The van der Waals surface area contributed by atoms with Gasteiger partial charge in [-0.05, 0) is 53.8 Å². The van der Waals surface area contributed by atoms with Gasteiger partial charge in [0.15, 0.2) is 15.8 Å². The molecular weight excluding hydrogens is 462 g/mol. The molecular formula is C27H29N3O4S. The van der Waals surface area contributed by atoms with Gasteiger partial charge >= 0.3 is 5.97 Å². The second-order valence-corrected chi connectivity index (χ2v) is 10.7.